The molecular weight excluding hydrogens is 241 g/mol. The van der Waals surface area contributed by atoms with Crippen LogP contribution in [-0.2, 0) is 0 Å². The van der Waals surface area contributed by atoms with Gasteiger partial charge in [0, 0.05) is 24.1 Å². The summed E-state index contributed by atoms with van der Waals surface area (Å²) in [5.74, 6) is 1.17. The average Bonchev–Trinajstić information content (AvgIpc) is 2.46. The zero-order chi connectivity index (χ0) is 13.2. The van der Waals surface area contributed by atoms with Crippen LogP contribution < -0.4 is 10.1 Å². The van der Waals surface area contributed by atoms with Crippen molar-refractivity contribution in [3.63, 3.8) is 0 Å². The number of ether oxygens (including phenoxy) is 1. The van der Waals surface area contributed by atoms with E-state index in [9.17, 15) is 4.39 Å². The van der Waals surface area contributed by atoms with Gasteiger partial charge in [0.1, 0.15) is 17.7 Å². The molecule has 3 heteroatoms. The SMILES string of the molecule is CNC1CC(C2CCCCC2)Oc2cc(F)ccc21. The minimum absolute atomic E-state index is 0.210. The predicted octanol–water partition coefficient (Wildman–Crippen LogP) is 3.82. The maximum absolute atomic E-state index is 13.4. The van der Waals surface area contributed by atoms with Crippen LogP contribution in [0.5, 0.6) is 5.75 Å². The molecule has 3 rings (SSSR count). The quantitative estimate of drug-likeness (QED) is 0.876. The maximum atomic E-state index is 13.4. The molecule has 0 aromatic heterocycles. The molecule has 1 heterocycles. The summed E-state index contributed by atoms with van der Waals surface area (Å²) in [5.41, 5.74) is 1.09. The monoisotopic (exact) mass is 263 g/mol. The second-order valence-corrected chi connectivity index (χ2v) is 5.81. The van der Waals surface area contributed by atoms with Gasteiger partial charge in [-0.3, -0.25) is 0 Å². The van der Waals surface area contributed by atoms with E-state index in [0.717, 1.165) is 17.7 Å². The Kier molecular flexibility index (Phi) is 3.74. The Balaban J connectivity index is 1.83. The van der Waals surface area contributed by atoms with E-state index < -0.39 is 0 Å². The minimum Gasteiger partial charge on any atom is -0.490 e. The molecule has 1 saturated carbocycles. The molecule has 0 radical (unpaired) electrons. The normalized spacial score (nSPS) is 27.7. The fraction of sp³-hybridized carbons (Fsp3) is 0.625. The van der Waals surface area contributed by atoms with Gasteiger partial charge in [-0.25, -0.2) is 4.39 Å². The third-order valence-electron chi connectivity index (χ3n) is 4.62. The van der Waals surface area contributed by atoms with Gasteiger partial charge in [-0.05, 0) is 31.9 Å². The van der Waals surface area contributed by atoms with E-state index in [4.69, 9.17) is 4.74 Å². The minimum atomic E-state index is -0.210. The molecule has 1 N–H and O–H groups in total. The van der Waals surface area contributed by atoms with Gasteiger partial charge in [0.25, 0.3) is 0 Å². The number of hydrogen-bond acceptors (Lipinski definition) is 2. The first-order valence-electron chi connectivity index (χ1n) is 7.41. The largest absolute Gasteiger partial charge is 0.490 e. The van der Waals surface area contributed by atoms with Crippen molar-refractivity contribution in [2.45, 2.75) is 50.7 Å². The van der Waals surface area contributed by atoms with E-state index in [-0.39, 0.29) is 18.0 Å². The molecule has 0 bridgehead atoms. The van der Waals surface area contributed by atoms with Gasteiger partial charge < -0.3 is 10.1 Å². The lowest BCUT2D eigenvalue weighted by Crippen LogP contribution is -2.37. The van der Waals surface area contributed by atoms with Crippen LogP contribution in [0.2, 0.25) is 0 Å². The molecule has 2 atom stereocenters. The third-order valence-corrected chi connectivity index (χ3v) is 4.62. The summed E-state index contributed by atoms with van der Waals surface area (Å²) in [5, 5.41) is 3.35. The van der Waals surface area contributed by atoms with Gasteiger partial charge >= 0.3 is 0 Å². The topological polar surface area (TPSA) is 21.3 Å². The Morgan fingerprint density at radius 3 is 2.74 bits per heavy atom. The van der Waals surface area contributed by atoms with Crippen molar-refractivity contribution in [3.05, 3.63) is 29.6 Å². The van der Waals surface area contributed by atoms with Crippen molar-refractivity contribution < 1.29 is 9.13 Å². The number of nitrogens with one attached hydrogen (secondary N) is 1. The summed E-state index contributed by atoms with van der Waals surface area (Å²) in [6.45, 7) is 0. The van der Waals surface area contributed by atoms with E-state index in [1.807, 2.05) is 13.1 Å². The number of hydrogen-bond donors (Lipinski definition) is 1. The highest BCUT2D eigenvalue weighted by Crippen LogP contribution is 2.40. The fourth-order valence-corrected chi connectivity index (χ4v) is 3.54. The highest BCUT2D eigenvalue weighted by molar-refractivity contribution is 5.38. The zero-order valence-corrected chi connectivity index (χ0v) is 11.5. The lowest BCUT2D eigenvalue weighted by molar-refractivity contribution is 0.0736. The lowest BCUT2D eigenvalue weighted by atomic mass is 9.81. The van der Waals surface area contributed by atoms with E-state index in [1.165, 1.54) is 44.2 Å². The van der Waals surface area contributed by atoms with Crippen molar-refractivity contribution in [3.8, 4) is 5.75 Å². The molecule has 0 saturated heterocycles. The highest BCUT2D eigenvalue weighted by atomic mass is 19.1. The molecule has 2 nitrogen and oxygen atoms in total. The predicted molar refractivity (Wildman–Crippen MR) is 73.8 cm³/mol. The zero-order valence-electron chi connectivity index (χ0n) is 11.5. The molecule has 104 valence electrons. The Hall–Kier alpha value is -1.09. The van der Waals surface area contributed by atoms with Crippen LogP contribution in [0.3, 0.4) is 0 Å². The second-order valence-electron chi connectivity index (χ2n) is 5.81. The Bertz CT molecular complexity index is 442. The molecule has 1 aliphatic heterocycles. The molecule has 1 fully saturated rings. The van der Waals surface area contributed by atoms with Crippen molar-refractivity contribution in [2.24, 2.45) is 5.92 Å². The molecule has 0 amide bonds. The summed E-state index contributed by atoms with van der Waals surface area (Å²) in [6.07, 6.45) is 7.73. The Labute approximate surface area is 114 Å². The summed E-state index contributed by atoms with van der Waals surface area (Å²) >= 11 is 0. The number of rotatable bonds is 2. The maximum Gasteiger partial charge on any atom is 0.127 e. The van der Waals surface area contributed by atoms with Gasteiger partial charge in [0.2, 0.25) is 0 Å². The van der Waals surface area contributed by atoms with Crippen LogP contribution in [0.1, 0.15) is 50.1 Å². The van der Waals surface area contributed by atoms with Crippen molar-refractivity contribution in [1.29, 1.82) is 0 Å². The average molecular weight is 263 g/mol. The van der Waals surface area contributed by atoms with E-state index >= 15 is 0 Å². The van der Waals surface area contributed by atoms with E-state index in [2.05, 4.69) is 5.32 Å². The van der Waals surface area contributed by atoms with Gasteiger partial charge in [-0.2, -0.15) is 0 Å². The molecule has 19 heavy (non-hydrogen) atoms. The van der Waals surface area contributed by atoms with Crippen LogP contribution in [0.15, 0.2) is 18.2 Å². The fourth-order valence-electron chi connectivity index (χ4n) is 3.54. The van der Waals surface area contributed by atoms with Crippen LogP contribution >= 0.6 is 0 Å². The summed E-state index contributed by atoms with van der Waals surface area (Å²) < 4.78 is 19.5. The molecule has 1 aromatic carbocycles. The van der Waals surface area contributed by atoms with Crippen LogP contribution in [0.25, 0.3) is 0 Å². The molecule has 0 spiro atoms. The van der Waals surface area contributed by atoms with Crippen molar-refractivity contribution >= 4 is 0 Å². The second kappa shape index (κ2) is 5.49. The van der Waals surface area contributed by atoms with Crippen molar-refractivity contribution in [1.82, 2.24) is 5.32 Å². The number of benzene rings is 1. The third kappa shape index (κ3) is 2.62. The van der Waals surface area contributed by atoms with E-state index in [0.29, 0.717) is 5.92 Å². The number of halogens is 1. The molecule has 1 aromatic rings. The molecule has 1 aliphatic carbocycles. The Morgan fingerprint density at radius 2 is 2.00 bits per heavy atom. The first-order valence-corrected chi connectivity index (χ1v) is 7.41. The van der Waals surface area contributed by atoms with Crippen molar-refractivity contribution in [2.75, 3.05) is 7.05 Å². The van der Waals surface area contributed by atoms with Crippen LogP contribution in [0.4, 0.5) is 4.39 Å². The van der Waals surface area contributed by atoms with Crippen LogP contribution in [0, 0.1) is 11.7 Å². The molecular formula is C16H22FNO. The highest BCUT2D eigenvalue weighted by Gasteiger charge is 2.33. The smallest absolute Gasteiger partial charge is 0.127 e. The molecule has 2 unspecified atom stereocenters. The summed E-state index contributed by atoms with van der Waals surface area (Å²) in [4.78, 5) is 0. The standard InChI is InChI=1S/C16H22FNO/c1-18-14-10-15(11-5-3-2-4-6-11)19-16-9-12(17)7-8-13(14)16/h7-9,11,14-15,18H,2-6,10H2,1H3. The van der Waals surface area contributed by atoms with Gasteiger partial charge in [0.15, 0.2) is 0 Å². The van der Waals surface area contributed by atoms with E-state index in [1.54, 1.807) is 0 Å². The van der Waals surface area contributed by atoms with Gasteiger partial charge in [0.05, 0.1) is 0 Å². The van der Waals surface area contributed by atoms with Gasteiger partial charge in [-0.15, -0.1) is 0 Å². The first kappa shape index (κ1) is 12.9. The van der Waals surface area contributed by atoms with Gasteiger partial charge in [-0.1, -0.05) is 25.3 Å². The number of fused-ring (bicyclic) bond motifs is 1. The Morgan fingerprint density at radius 1 is 1.21 bits per heavy atom. The van der Waals surface area contributed by atoms with Crippen LogP contribution in [-0.4, -0.2) is 13.2 Å². The summed E-state index contributed by atoms with van der Waals surface area (Å²) in [6, 6.07) is 5.20. The first-order chi connectivity index (χ1) is 9.28. The lowest BCUT2D eigenvalue weighted by Gasteiger charge is -2.37. The summed E-state index contributed by atoms with van der Waals surface area (Å²) in [7, 11) is 1.97. The molecule has 2 aliphatic rings.